The highest BCUT2D eigenvalue weighted by Crippen LogP contribution is 2.27. The summed E-state index contributed by atoms with van der Waals surface area (Å²) in [4.78, 5) is 11.5. The van der Waals surface area contributed by atoms with E-state index in [-0.39, 0.29) is 18.1 Å². The third-order valence-electron chi connectivity index (χ3n) is 2.75. The van der Waals surface area contributed by atoms with Gasteiger partial charge in [-0.1, -0.05) is 19.6 Å². The third-order valence-corrected chi connectivity index (χ3v) is 4.45. The van der Waals surface area contributed by atoms with Crippen molar-refractivity contribution in [1.29, 1.82) is 0 Å². The molecule has 0 aliphatic carbocycles. The molecule has 0 aliphatic rings. The van der Waals surface area contributed by atoms with Crippen LogP contribution in [0.2, 0.25) is 25.7 Å². The largest absolute Gasteiger partial charge is 0.505 e. The number of ether oxygens (including phenoxy) is 3. The Morgan fingerprint density at radius 2 is 2.00 bits per heavy atom. The highest BCUT2D eigenvalue weighted by molar-refractivity contribution is 6.76. The number of benzene rings is 1. The zero-order valence-corrected chi connectivity index (χ0v) is 13.7. The van der Waals surface area contributed by atoms with Crippen LogP contribution in [-0.4, -0.2) is 39.7 Å². The van der Waals surface area contributed by atoms with Crippen molar-refractivity contribution in [3.05, 3.63) is 23.5 Å². The first-order valence-corrected chi connectivity index (χ1v) is 10.3. The molecular weight excluding hydrogens is 295 g/mol. The minimum atomic E-state index is -1.19. The number of phenols is 1. The van der Waals surface area contributed by atoms with E-state index in [1.54, 1.807) is 0 Å². The maximum absolute atomic E-state index is 13.3. The van der Waals surface area contributed by atoms with Crippen LogP contribution in [0.1, 0.15) is 10.4 Å². The lowest BCUT2D eigenvalue weighted by Crippen LogP contribution is -2.22. The van der Waals surface area contributed by atoms with E-state index in [1.165, 1.54) is 7.11 Å². The van der Waals surface area contributed by atoms with E-state index >= 15 is 0 Å². The van der Waals surface area contributed by atoms with Gasteiger partial charge >= 0.3 is 5.97 Å². The summed E-state index contributed by atoms with van der Waals surface area (Å²) in [7, 11) is 0.00625. The second-order valence-corrected chi connectivity index (χ2v) is 11.4. The minimum absolute atomic E-state index is 0.0230. The van der Waals surface area contributed by atoms with Crippen LogP contribution >= 0.6 is 0 Å². The molecule has 0 saturated carbocycles. The molecule has 0 atom stereocenters. The van der Waals surface area contributed by atoms with E-state index in [9.17, 15) is 14.3 Å². The van der Waals surface area contributed by atoms with Crippen LogP contribution in [0.5, 0.6) is 11.5 Å². The standard InChI is InChI=1S/C14H21FO5Si/c1-18-14(17)10-7-12(16)11(15)8-13(10)20-9-19-5-6-21(2,3)4/h7-8,16H,5-6,9H2,1-4H3. The molecule has 7 heteroatoms. The van der Waals surface area contributed by atoms with Gasteiger partial charge in [0.1, 0.15) is 11.3 Å². The summed E-state index contributed by atoms with van der Waals surface area (Å²) in [5.74, 6) is -2.25. The molecule has 0 spiro atoms. The van der Waals surface area contributed by atoms with Gasteiger partial charge in [-0.3, -0.25) is 0 Å². The van der Waals surface area contributed by atoms with Crippen molar-refractivity contribution in [2.24, 2.45) is 0 Å². The lowest BCUT2D eigenvalue weighted by Gasteiger charge is -2.16. The molecule has 0 fully saturated rings. The number of rotatable bonds is 7. The number of hydrogen-bond acceptors (Lipinski definition) is 5. The fourth-order valence-electron chi connectivity index (χ4n) is 1.47. The number of phenolic OH excluding ortho intramolecular Hbond substituents is 1. The van der Waals surface area contributed by atoms with Gasteiger partial charge in [0.15, 0.2) is 18.4 Å². The maximum atomic E-state index is 13.3. The predicted octanol–water partition coefficient (Wildman–Crippen LogP) is 3.01. The number of aromatic hydroxyl groups is 1. The monoisotopic (exact) mass is 316 g/mol. The Labute approximate surface area is 124 Å². The second-order valence-electron chi connectivity index (χ2n) is 5.77. The van der Waals surface area contributed by atoms with Crippen molar-refractivity contribution in [3.8, 4) is 11.5 Å². The van der Waals surface area contributed by atoms with Crippen LogP contribution in [-0.2, 0) is 9.47 Å². The fraction of sp³-hybridized carbons (Fsp3) is 0.500. The van der Waals surface area contributed by atoms with Crippen molar-refractivity contribution in [3.63, 3.8) is 0 Å². The Morgan fingerprint density at radius 1 is 1.33 bits per heavy atom. The van der Waals surface area contributed by atoms with Gasteiger partial charge in [-0.25, -0.2) is 9.18 Å². The SMILES string of the molecule is COC(=O)c1cc(O)c(F)cc1OCOCC[Si](C)(C)C. The van der Waals surface area contributed by atoms with Gasteiger partial charge < -0.3 is 19.3 Å². The van der Waals surface area contributed by atoms with Gasteiger partial charge in [0.05, 0.1) is 7.11 Å². The molecular formula is C14H21FO5Si. The minimum Gasteiger partial charge on any atom is -0.505 e. The molecule has 0 bridgehead atoms. The topological polar surface area (TPSA) is 65.0 Å². The molecule has 21 heavy (non-hydrogen) atoms. The van der Waals surface area contributed by atoms with Crippen molar-refractivity contribution < 1.29 is 28.5 Å². The van der Waals surface area contributed by atoms with Crippen LogP contribution in [0.25, 0.3) is 0 Å². The third kappa shape index (κ3) is 5.72. The van der Waals surface area contributed by atoms with Gasteiger partial charge in [-0.2, -0.15) is 0 Å². The quantitative estimate of drug-likeness (QED) is 0.362. The number of carbonyl (C=O) groups is 1. The molecule has 118 valence electrons. The highest BCUT2D eigenvalue weighted by atomic mass is 28.3. The molecule has 1 aromatic rings. The summed E-state index contributed by atoms with van der Waals surface area (Å²) in [6, 6.07) is 2.88. The van der Waals surface area contributed by atoms with Gasteiger partial charge in [0.25, 0.3) is 0 Å². The van der Waals surface area contributed by atoms with E-state index in [1.807, 2.05) is 0 Å². The molecule has 0 saturated heterocycles. The van der Waals surface area contributed by atoms with Crippen LogP contribution in [0, 0.1) is 5.82 Å². The number of methoxy groups -OCH3 is 1. The van der Waals surface area contributed by atoms with Crippen LogP contribution in [0.3, 0.4) is 0 Å². The normalized spacial score (nSPS) is 11.3. The Hall–Kier alpha value is -1.60. The first kappa shape index (κ1) is 17.4. The molecule has 1 aromatic carbocycles. The average molecular weight is 316 g/mol. The summed E-state index contributed by atoms with van der Waals surface area (Å²) >= 11 is 0. The Bertz CT molecular complexity index is 499. The first-order valence-electron chi connectivity index (χ1n) is 6.56. The predicted molar refractivity (Wildman–Crippen MR) is 79.0 cm³/mol. The second kappa shape index (κ2) is 7.42. The molecule has 0 aliphatic heterocycles. The van der Waals surface area contributed by atoms with Crippen molar-refractivity contribution >= 4 is 14.0 Å². The van der Waals surface area contributed by atoms with Gasteiger partial charge in [-0.15, -0.1) is 0 Å². The number of hydrogen-bond donors (Lipinski definition) is 1. The Morgan fingerprint density at radius 3 is 2.57 bits per heavy atom. The Balaban J connectivity index is 2.65. The smallest absolute Gasteiger partial charge is 0.341 e. The van der Waals surface area contributed by atoms with Gasteiger partial charge in [0.2, 0.25) is 0 Å². The van der Waals surface area contributed by atoms with E-state index in [0.717, 1.165) is 18.2 Å². The molecule has 0 amide bonds. The van der Waals surface area contributed by atoms with Crippen molar-refractivity contribution in [2.45, 2.75) is 25.7 Å². The molecule has 1 N–H and O–H groups in total. The molecule has 0 unspecified atom stereocenters. The number of carbonyl (C=O) groups excluding carboxylic acids is 1. The van der Waals surface area contributed by atoms with Crippen LogP contribution < -0.4 is 4.74 Å². The number of esters is 1. The van der Waals surface area contributed by atoms with Gasteiger partial charge in [-0.05, 0) is 6.04 Å². The van der Waals surface area contributed by atoms with E-state index in [2.05, 4.69) is 24.4 Å². The van der Waals surface area contributed by atoms with E-state index in [0.29, 0.717) is 6.61 Å². The highest BCUT2D eigenvalue weighted by Gasteiger charge is 2.18. The fourth-order valence-corrected chi connectivity index (χ4v) is 2.23. The zero-order chi connectivity index (χ0) is 16.0. The van der Waals surface area contributed by atoms with E-state index < -0.39 is 25.6 Å². The maximum Gasteiger partial charge on any atom is 0.341 e. The van der Waals surface area contributed by atoms with Crippen LogP contribution in [0.4, 0.5) is 4.39 Å². The lowest BCUT2D eigenvalue weighted by molar-refractivity contribution is 0.0204. The summed E-state index contributed by atoms with van der Waals surface area (Å²) in [5, 5.41) is 9.30. The van der Waals surface area contributed by atoms with Gasteiger partial charge in [0, 0.05) is 26.8 Å². The number of halogens is 1. The molecule has 0 aromatic heterocycles. The lowest BCUT2D eigenvalue weighted by atomic mass is 10.2. The van der Waals surface area contributed by atoms with Crippen molar-refractivity contribution in [1.82, 2.24) is 0 Å². The average Bonchev–Trinajstić information content (AvgIpc) is 2.39. The van der Waals surface area contributed by atoms with E-state index in [4.69, 9.17) is 9.47 Å². The van der Waals surface area contributed by atoms with Crippen molar-refractivity contribution in [2.75, 3.05) is 20.5 Å². The first-order chi connectivity index (χ1) is 9.74. The summed E-state index contributed by atoms with van der Waals surface area (Å²) < 4.78 is 28.5. The zero-order valence-electron chi connectivity index (χ0n) is 12.7. The Kier molecular flexibility index (Phi) is 6.16. The molecule has 0 radical (unpaired) electrons. The molecule has 5 nitrogen and oxygen atoms in total. The summed E-state index contributed by atoms with van der Waals surface area (Å²) in [6.07, 6.45) is 0. The molecule has 1 rings (SSSR count). The summed E-state index contributed by atoms with van der Waals surface area (Å²) in [5.41, 5.74) is -0.0507. The van der Waals surface area contributed by atoms with Crippen LogP contribution in [0.15, 0.2) is 12.1 Å². The summed E-state index contributed by atoms with van der Waals surface area (Å²) in [6.45, 7) is 7.12. The molecule has 0 heterocycles.